The van der Waals surface area contributed by atoms with Crippen molar-refractivity contribution in [3.05, 3.63) is 42.0 Å². The molecule has 0 saturated carbocycles. The quantitative estimate of drug-likeness (QED) is 0.892. The third-order valence-corrected chi connectivity index (χ3v) is 3.23. The van der Waals surface area contributed by atoms with Gasteiger partial charge in [-0.1, -0.05) is 24.3 Å². The van der Waals surface area contributed by atoms with Gasteiger partial charge in [-0.2, -0.15) is 0 Å². The van der Waals surface area contributed by atoms with Crippen molar-refractivity contribution in [2.24, 2.45) is 5.73 Å². The monoisotopic (exact) mass is 308 g/mol. The minimum Gasteiger partial charge on any atom is -0.496 e. The zero-order valence-electron chi connectivity index (χ0n) is 12.3. The molecule has 0 spiro atoms. The van der Waals surface area contributed by atoms with E-state index in [0.29, 0.717) is 12.1 Å². The SMILES string of the molecule is COc1ccc(C(=O)NCCC(C)N)c2ccccc12.Cl. The molecule has 5 heteroatoms. The van der Waals surface area contributed by atoms with Crippen molar-refractivity contribution in [3.8, 4) is 5.75 Å². The molecule has 3 N–H and O–H groups in total. The number of amides is 1. The van der Waals surface area contributed by atoms with E-state index in [4.69, 9.17) is 10.5 Å². The molecule has 0 radical (unpaired) electrons. The van der Waals surface area contributed by atoms with E-state index in [0.717, 1.165) is 22.9 Å². The first-order valence-electron chi connectivity index (χ1n) is 6.73. The minimum atomic E-state index is -0.0792. The average Bonchev–Trinajstić information content (AvgIpc) is 2.45. The molecule has 0 aromatic heterocycles. The fraction of sp³-hybridized carbons (Fsp3) is 0.312. The Morgan fingerprint density at radius 3 is 2.52 bits per heavy atom. The summed E-state index contributed by atoms with van der Waals surface area (Å²) in [5.41, 5.74) is 6.34. The molecule has 1 unspecified atom stereocenters. The maximum absolute atomic E-state index is 12.2. The molecule has 21 heavy (non-hydrogen) atoms. The lowest BCUT2D eigenvalue weighted by atomic mass is 10.0. The van der Waals surface area contributed by atoms with Crippen molar-refractivity contribution >= 4 is 29.1 Å². The van der Waals surface area contributed by atoms with Crippen LogP contribution in [-0.4, -0.2) is 25.6 Å². The largest absolute Gasteiger partial charge is 0.496 e. The predicted octanol–water partition coefficient (Wildman–Crippen LogP) is 2.74. The molecule has 1 amide bonds. The van der Waals surface area contributed by atoms with E-state index in [-0.39, 0.29) is 24.4 Å². The van der Waals surface area contributed by atoms with E-state index < -0.39 is 0 Å². The Kier molecular flexibility index (Phi) is 6.46. The molecule has 2 aromatic rings. The van der Waals surface area contributed by atoms with Crippen LogP contribution in [0, 0.1) is 0 Å². The number of hydrogen-bond acceptors (Lipinski definition) is 3. The van der Waals surface area contributed by atoms with E-state index in [1.165, 1.54) is 0 Å². The molecule has 0 heterocycles. The number of fused-ring (bicyclic) bond motifs is 1. The van der Waals surface area contributed by atoms with Crippen LogP contribution in [0.3, 0.4) is 0 Å². The van der Waals surface area contributed by atoms with Crippen LogP contribution in [0.1, 0.15) is 23.7 Å². The third-order valence-electron chi connectivity index (χ3n) is 3.23. The molecule has 2 rings (SSSR count). The molecule has 2 aromatic carbocycles. The standard InChI is InChI=1S/C16H20N2O2.ClH/c1-11(17)9-10-18-16(19)14-7-8-15(20-2)13-6-4-3-5-12(13)14;/h3-8,11H,9-10,17H2,1-2H3,(H,18,19);1H. The van der Waals surface area contributed by atoms with Gasteiger partial charge in [0.15, 0.2) is 0 Å². The van der Waals surface area contributed by atoms with Gasteiger partial charge in [-0.05, 0) is 30.9 Å². The minimum absolute atomic E-state index is 0. The summed E-state index contributed by atoms with van der Waals surface area (Å²) in [6, 6.07) is 11.4. The first-order chi connectivity index (χ1) is 9.63. The lowest BCUT2D eigenvalue weighted by molar-refractivity contribution is 0.0954. The lowest BCUT2D eigenvalue weighted by Gasteiger charge is -2.11. The van der Waals surface area contributed by atoms with Crippen molar-refractivity contribution in [3.63, 3.8) is 0 Å². The van der Waals surface area contributed by atoms with Gasteiger partial charge >= 0.3 is 0 Å². The Hall–Kier alpha value is -1.78. The van der Waals surface area contributed by atoms with Crippen LogP contribution in [0.2, 0.25) is 0 Å². The highest BCUT2D eigenvalue weighted by Gasteiger charge is 2.12. The lowest BCUT2D eigenvalue weighted by Crippen LogP contribution is -2.29. The summed E-state index contributed by atoms with van der Waals surface area (Å²) in [5, 5.41) is 4.73. The summed E-state index contributed by atoms with van der Waals surface area (Å²) >= 11 is 0. The normalized spacial score (nSPS) is 11.6. The van der Waals surface area contributed by atoms with Crippen LogP contribution in [0.25, 0.3) is 10.8 Å². The van der Waals surface area contributed by atoms with Gasteiger partial charge in [0.2, 0.25) is 0 Å². The second kappa shape index (κ2) is 7.86. The third kappa shape index (κ3) is 4.09. The number of methoxy groups -OCH3 is 1. The van der Waals surface area contributed by atoms with Gasteiger partial charge in [0, 0.05) is 23.5 Å². The van der Waals surface area contributed by atoms with Crippen molar-refractivity contribution in [2.75, 3.05) is 13.7 Å². The molecule has 0 aliphatic carbocycles. The Balaban J connectivity index is 0.00000220. The molecular formula is C16H21ClN2O2. The fourth-order valence-electron chi connectivity index (χ4n) is 2.16. The molecule has 4 nitrogen and oxygen atoms in total. The maximum atomic E-state index is 12.2. The molecule has 1 atom stereocenters. The molecule has 0 saturated heterocycles. The molecule has 114 valence electrons. The number of hydrogen-bond donors (Lipinski definition) is 2. The highest BCUT2D eigenvalue weighted by Crippen LogP contribution is 2.28. The highest BCUT2D eigenvalue weighted by atomic mass is 35.5. The Morgan fingerprint density at radius 2 is 1.90 bits per heavy atom. The van der Waals surface area contributed by atoms with E-state index in [2.05, 4.69) is 5.32 Å². The maximum Gasteiger partial charge on any atom is 0.251 e. The zero-order chi connectivity index (χ0) is 14.5. The zero-order valence-corrected chi connectivity index (χ0v) is 13.1. The number of rotatable bonds is 5. The van der Waals surface area contributed by atoms with Gasteiger partial charge in [0.25, 0.3) is 5.91 Å². The second-order valence-electron chi connectivity index (χ2n) is 4.88. The summed E-state index contributed by atoms with van der Waals surface area (Å²) < 4.78 is 5.33. The Labute approximate surface area is 131 Å². The van der Waals surface area contributed by atoms with Gasteiger partial charge in [-0.15, -0.1) is 12.4 Å². The molecule has 0 bridgehead atoms. The van der Waals surface area contributed by atoms with Crippen molar-refractivity contribution in [1.82, 2.24) is 5.32 Å². The van der Waals surface area contributed by atoms with Crippen molar-refractivity contribution in [2.45, 2.75) is 19.4 Å². The first kappa shape index (κ1) is 17.3. The van der Waals surface area contributed by atoms with Crippen LogP contribution in [0.4, 0.5) is 0 Å². The smallest absolute Gasteiger partial charge is 0.251 e. The fourth-order valence-corrected chi connectivity index (χ4v) is 2.16. The van der Waals surface area contributed by atoms with Crippen LogP contribution in [-0.2, 0) is 0 Å². The Bertz CT molecular complexity index is 614. The topological polar surface area (TPSA) is 64.3 Å². The number of nitrogens with one attached hydrogen (secondary N) is 1. The van der Waals surface area contributed by atoms with Crippen LogP contribution in [0.15, 0.2) is 36.4 Å². The van der Waals surface area contributed by atoms with Crippen LogP contribution in [0.5, 0.6) is 5.75 Å². The average molecular weight is 309 g/mol. The van der Waals surface area contributed by atoms with Crippen molar-refractivity contribution < 1.29 is 9.53 Å². The number of benzene rings is 2. The van der Waals surface area contributed by atoms with E-state index in [1.54, 1.807) is 13.2 Å². The number of nitrogens with two attached hydrogens (primary N) is 1. The van der Waals surface area contributed by atoms with E-state index in [9.17, 15) is 4.79 Å². The van der Waals surface area contributed by atoms with Gasteiger partial charge in [-0.3, -0.25) is 4.79 Å². The van der Waals surface area contributed by atoms with Crippen molar-refractivity contribution in [1.29, 1.82) is 0 Å². The van der Waals surface area contributed by atoms with Crippen LogP contribution < -0.4 is 15.8 Å². The number of halogens is 1. The summed E-state index contributed by atoms with van der Waals surface area (Å²) in [6.45, 7) is 2.51. The highest BCUT2D eigenvalue weighted by molar-refractivity contribution is 6.08. The van der Waals surface area contributed by atoms with Crippen LogP contribution >= 0.6 is 12.4 Å². The summed E-state index contributed by atoms with van der Waals surface area (Å²) in [5.74, 6) is 0.692. The summed E-state index contributed by atoms with van der Waals surface area (Å²) in [6.07, 6.45) is 0.764. The second-order valence-corrected chi connectivity index (χ2v) is 4.88. The number of carbonyl (C=O) groups is 1. The summed E-state index contributed by atoms with van der Waals surface area (Å²) in [4.78, 5) is 12.2. The molecule has 0 fully saturated rings. The molecular weight excluding hydrogens is 288 g/mol. The predicted molar refractivity (Wildman–Crippen MR) is 88.3 cm³/mol. The van der Waals surface area contributed by atoms with Gasteiger partial charge in [-0.25, -0.2) is 0 Å². The van der Waals surface area contributed by atoms with E-state index >= 15 is 0 Å². The van der Waals surface area contributed by atoms with Gasteiger partial charge < -0.3 is 15.8 Å². The number of carbonyl (C=O) groups excluding carboxylic acids is 1. The first-order valence-corrected chi connectivity index (χ1v) is 6.73. The van der Waals surface area contributed by atoms with Gasteiger partial charge in [0.05, 0.1) is 7.11 Å². The number of ether oxygens (including phenoxy) is 1. The Morgan fingerprint density at radius 1 is 1.24 bits per heavy atom. The molecule has 0 aliphatic rings. The summed E-state index contributed by atoms with van der Waals surface area (Å²) in [7, 11) is 1.63. The molecule has 0 aliphatic heterocycles. The van der Waals surface area contributed by atoms with E-state index in [1.807, 2.05) is 37.3 Å². The van der Waals surface area contributed by atoms with Gasteiger partial charge in [0.1, 0.15) is 5.75 Å².